The number of hydrogen-bond donors (Lipinski definition) is 3. The van der Waals surface area contributed by atoms with Crippen molar-refractivity contribution in [3.05, 3.63) is 0 Å². The molecule has 0 saturated carbocycles. The maximum atomic E-state index is 11.3. The SMILES string of the molecule is CNC(=O)C(CC1CCNC1=O)NC. The van der Waals surface area contributed by atoms with Crippen molar-refractivity contribution in [2.75, 3.05) is 20.6 Å². The standard InChI is InChI=1S/C9H17N3O2/c1-10-7(9(14)11-2)5-6-3-4-12-8(6)13/h6-7,10H,3-5H2,1-2H3,(H,11,14)(H,12,13). The first-order valence-electron chi connectivity index (χ1n) is 4.85. The van der Waals surface area contributed by atoms with E-state index in [0.717, 1.165) is 13.0 Å². The number of amides is 2. The molecule has 1 rings (SSSR count). The zero-order chi connectivity index (χ0) is 10.6. The number of rotatable bonds is 4. The van der Waals surface area contributed by atoms with Gasteiger partial charge in [-0.25, -0.2) is 0 Å². The van der Waals surface area contributed by atoms with Crippen LogP contribution in [0.25, 0.3) is 0 Å². The fraction of sp³-hybridized carbons (Fsp3) is 0.778. The molecule has 1 fully saturated rings. The van der Waals surface area contributed by atoms with Crippen molar-refractivity contribution in [3.8, 4) is 0 Å². The summed E-state index contributed by atoms with van der Waals surface area (Å²) in [7, 11) is 3.33. The van der Waals surface area contributed by atoms with Gasteiger partial charge in [0.15, 0.2) is 0 Å². The Balaban J connectivity index is 2.47. The molecule has 2 amide bonds. The lowest BCUT2D eigenvalue weighted by Gasteiger charge is -2.16. The van der Waals surface area contributed by atoms with E-state index in [1.54, 1.807) is 14.1 Å². The van der Waals surface area contributed by atoms with Gasteiger partial charge in [-0.3, -0.25) is 9.59 Å². The van der Waals surface area contributed by atoms with Crippen LogP contribution in [0.15, 0.2) is 0 Å². The van der Waals surface area contributed by atoms with Gasteiger partial charge < -0.3 is 16.0 Å². The van der Waals surface area contributed by atoms with Crippen molar-refractivity contribution in [1.82, 2.24) is 16.0 Å². The highest BCUT2D eigenvalue weighted by Gasteiger charge is 2.28. The van der Waals surface area contributed by atoms with E-state index >= 15 is 0 Å². The van der Waals surface area contributed by atoms with E-state index in [9.17, 15) is 9.59 Å². The van der Waals surface area contributed by atoms with Crippen LogP contribution in [-0.4, -0.2) is 38.5 Å². The van der Waals surface area contributed by atoms with Crippen LogP contribution in [0.5, 0.6) is 0 Å². The number of hydrogen-bond acceptors (Lipinski definition) is 3. The fourth-order valence-corrected chi connectivity index (χ4v) is 1.68. The Morgan fingerprint density at radius 2 is 2.36 bits per heavy atom. The minimum atomic E-state index is -0.270. The Morgan fingerprint density at radius 3 is 2.79 bits per heavy atom. The molecule has 1 aliphatic heterocycles. The van der Waals surface area contributed by atoms with Crippen molar-refractivity contribution in [1.29, 1.82) is 0 Å². The third-order valence-electron chi connectivity index (χ3n) is 2.59. The number of nitrogens with one attached hydrogen (secondary N) is 3. The maximum absolute atomic E-state index is 11.3. The molecule has 0 spiro atoms. The van der Waals surface area contributed by atoms with Crippen LogP contribution in [0.4, 0.5) is 0 Å². The third kappa shape index (κ3) is 2.45. The molecular formula is C9H17N3O2. The Bertz CT molecular complexity index is 230. The van der Waals surface area contributed by atoms with Gasteiger partial charge in [0.2, 0.25) is 11.8 Å². The summed E-state index contributed by atoms with van der Waals surface area (Å²) in [6.45, 7) is 0.730. The van der Waals surface area contributed by atoms with E-state index in [-0.39, 0.29) is 23.8 Å². The van der Waals surface area contributed by atoms with Gasteiger partial charge in [-0.1, -0.05) is 0 Å². The molecule has 0 aromatic rings. The lowest BCUT2D eigenvalue weighted by Crippen LogP contribution is -2.43. The predicted molar refractivity (Wildman–Crippen MR) is 52.6 cm³/mol. The second-order valence-corrected chi connectivity index (χ2v) is 3.47. The van der Waals surface area contributed by atoms with Gasteiger partial charge >= 0.3 is 0 Å². The average Bonchev–Trinajstić information content (AvgIpc) is 2.59. The van der Waals surface area contributed by atoms with Crippen molar-refractivity contribution < 1.29 is 9.59 Å². The molecule has 2 unspecified atom stereocenters. The highest BCUT2D eigenvalue weighted by molar-refractivity contribution is 5.84. The van der Waals surface area contributed by atoms with Gasteiger partial charge in [-0.05, 0) is 19.9 Å². The van der Waals surface area contributed by atoms with Crippen LogP contribution in [0.1, 0.15) is 12.8 Å². The van der Waals surface area contributed by atoms with E-state index in [1.807, 2.05) is 0 Å². The van der Waals surface area contributed by atoms with Gasteiger partial charge in [0.25, 0.3) is 0 Å². The molecule has 1 saturated heterocycles. The number of likely N-dealkylation sites (N-methyl/N-ethyl adjacent to an activating group) is 2. The number of carbonyl (C=O) groups is 2. The predicted octanol–water partition coefficient (Wildman–Crippen LogP) is -1.15. The summed E-state index contributed by atoms with van der Waals surface area (Å²) in [5, 5.41) is 8.24. The molecule has 0 aromatic heterocycles. The maximum Gasteiger partial charge on any atom is 0.236 e. The summed E-state index contributed by atoms with van der Waals surface area (Å²) in [6.07, 6.45) is 1.40. The first kappa shape index (κ1) is 11.0. The van der Waals surface area contributed by atoms with Crippen molar-refractivity contribution in [3.63, 3.8) is 0 Å². The molecule has 5 nitrogen and oxygen atoms in total. The third-order valence-corrected chi connectivity index (χ3v) is 2.59. The first-order chi connectivity index (χ1) is 6.69. The Hall–Kier alpha value is -1.10. The minimum absolute atomic E-state index is 0.0234. The summed E-state index contributed by atoms with van der Waals surface area (Å²) < 4.78 is 0. The summed E-state index contributed by atoms with van der Waals surface area (Å²) in [5.41, 5.74) is 0. The summed E-state index contributed by atoms with van der Waals surface area (Å²) in [6, 6.07) is -0.270. The smallest absolute Gasteiger partial charge is 0.236 e. The first-order valence-corrected chi connectivity index (χ1v) is 4.85. The molecule has 14 heavy (non-hydrogen) atoms. The van der Waals surface area contributed by atoms with E-state index < -0.39 is 0 Å². The van der Waals surface area contributed by atoms with Crippen LogP contribution in [0.3, 0.4) is 0 Å². The summed E-state index contributed by atoms with van der Waals surface area (Å²) in [4.78, 5) is 22.6. The second kappa shape index (κ2) is 4.95. The lowest BCUT2D eigenvalue weighted by molar-refractivity contribution is -0.124. The molecular weight excluding hydrogens is 182 g/mol. The van der Waals surface area contributed by atoms with Crippen LogP contribution in [0.2, 0.25) is 0 Å². The van der Waals surface area contributed by atoms with Crippen LogP contribution in [0, 0.1) is 5.92 Å². The molecule has 80 valence electrons. The highest BCUT2D eigenvalue weighted by Crippen LogP contribution is 2.15. The normalized spacial score (nSPS) is 23.0. The van der Waals surface area contributed by atoms with E-state index in [1.165, 1.54) is 0 Å². The Kier molecular flexibility index (Phi) is 3.88. The quantitative estimate of drug-likeness (QED) is 0.535. The van der Waals surface area contributed by atoms with E-state index in [4.69, 9.17) is 0 Å². The van der Waals surface area contributed by atoms with Gasteiger partial charge in [-0.2, -0.15) is 0 Å². The van der Waals surface area contributed by atoms with Gasteiger partial charge in [0.05, 0.1) is 6.04 Å². The van der Waals surface area contributed by atoms with E-state index in [0.29, 0.717) is 6.42 Å². The summed E-state index contributed by atoms with van der Waals surface area (Å²) in [5.74, 6) is -0.0221. The molecule has 0 aromatic carbocycles. The largest absolute Gasteiger partial charge is 0.358 e. The van der Waals surface area contributed by atoms with Crippen molar-refractivity contribution in [2.24, 2.45) is 5.92 Å². The highest BCUT2D eigenvalue weighted by atomic mass is 16.2. The molecule has 0 bridgehead atoms. The van der Waals surface area contributed by atoms with Crippen LogP contribution < -0.4 is 16.0 Å². The van der Waals surface area contributed by atoms with E-state index in [2.05, 4.69) is 16.0 Å². The Labute approximate surface area is 83.6 Å². The molecule has 1 aliphatic rings. The Morgan fingerprint density at radius 1 is 1.64 bits per heavy atom. The fourth-order valence-electron chi connectivity index (χ4n) is 1.68. The average molecular weight is 199 g/mol. The monoisotopic (exact) mass is 199 g/mol. The zero-order valence-electron chi connectivity index (χ0n) is 8.59. The van der Waals surface area contributed by atoms with Crippen LogP contribution in [-0.2, 0) is 9.59 Å². The molecule has 5 heteroatoms. The van der Waals surface area contributed by atoms with Crippen LogP contribution >= 0.6 is 0 Å². The number of carbonyl (C=O) groups excluding carboxylic acids is 2. The molecule has 2 atom stereocenters. The minimum Gasteiger partial charge on any atom is -0.358 e. The molecule has 0 radical (unpaired) electrons. The second-order valence-electron chi connectivity index (χ2n) is 3.47. The zero-order valence-corrected chi connectivity index (χ0v) is 8.59. The molecule has 3 N–H and O–H groups in total. The van der Waals surface area contributed by atoms with Gasteiger partial charge in [0, 0.05) is 19.5 Å². The van der Waals surface area contributed by atoms with Gasteiger partial charge in [0.1, 0.15) is 0 Å². The summed E-state index contributed by atoms with van der Waals surface area (Å²) >= 11 is 0. The molecule has 1 heterocycles. The van der Waals surface area contributed by atoms with Crippen molar-refractivity contribution >= 4 is 11.8 Å². The van der Waals surface area contributed by atoms with Crippen molar-refractivity contribution in [2.45, 2.75) is 18.9 Å². The molecule has 0 aliphatic carbocycles. The lowest BCUT2D eigenvalue weighted by atomic mass is 9.98. The van der Waals surface area contributed by atoms with Gasteiger partial charge in [-0.15, -0.1) is 0 Å². The topological polar surface area (TPSA) is 70.2 Å².